The van der Waals surface area contributed by atoms with Gasteiger partial charge >= 0.3 is 0 Å². The van der Waals surface area contributed by atoms with Crippen LogP contribution >= 0.6 is 59.1 Å². The molecule has 0 fully saturated rings. The molecule has 0 aliphatic carbocycles. The van der Waals surface area contributed by atoms with E-state index >= 15 is 0 Å². The van der Waals surface area contributed by atoms with Crippen LogP contribution in [-0.2, 0) is 0 Å². The van der Waals surface area contributed by atoms with Crippen molar-refractivity contribution in [2.24, 2.45) is 0 Å². The average Bonchev–Trinajstić information content (AvgIpc) is 2.68. The molecule has 96 valence electrons. The van der Waals surface area contributed by atoms with Crippen molar-refractivity contribution in [2.75, 3.05) is 7.11 Å². The first-order chi connectivity index (χ1) is 8.54. The zero-order valence-corrected chi connectivity index (χ0v) is 14.8. The molecule has 1 nitrogen and oxygen atoms in total. The Morgan fingerprint density at radius 1 is 1.33 bits per heavy atom. The van der Waals surface area contributed by atoms with Crippen molar-refractivity contribution in [2.45, 2.75) is 4.83 Å². The van der Waals surface area contributed by atoms with E-state index in [1.807, 2.05) is 6.07 Å². The first kappa shape index (κ1) is 14.5. The molecule has 2 aromatic rings. The Hall–Kier alpha value is 0.0900. The van der Waals surface area contributed by atoms with Crippen LogP contribution in [0.25, 0.3) is 0 Å². The lowest BCUT2D eigenvalue weighted by atomic mass is 10.1. The summed E-state index contributed by atoms with van der Waals surface area (Å²) in [6, 6.07) is 6.78. The number of hydrogen-bond donors (Lipinski definition) is 0. The minimum absolute atomic E-state index is 0.235. The van der Waals surface area contributed by atoms with Crippen molar-refractivity contribution in [1.82, 2.24) is 0 Å². The summed E-state index contributed by atoms with van der Waals surface area (Å²) >= 11 is 11.9. The maximum atomic E-state index is 14.0. The maximum Gasteiger partial charge on any atom is 0.131 e. The third-order valence-electron chi connectivity index (χ3n) is 2.40. The fourth-order valence-corrected chi connectivity index (χ4v) is 4.51. The monoisotopic (exact) mass is 456 g/mol. The molecular weight excluding hydrogens is 451 g/mol. The smallest absolute Gasteiger partial charge is 0.131 e. The predicted octanol–water partition coefficient (Wildman–Crippen LogP) is 5.91. The molecule has 0 saturated carbocycles. The van der Waals surface area contributed by atoms with Crippen LogP contribution in [0.5, 0.6) is 5.75 Å². The molecule has 18 heavy (non-hydrogen) atoms. The van der Waals surface area contributed by atoms with Crippen molar-refractivity contribution in [3.63, 3.8) is 0 Å². The Kier molecular flexibility index (Phi) is 4.86. The van der Waals surface area contributed by atoms with Crippen LogP contribution in [0.15, 0.2) is 32.5 Å². The second-order valence-corrected chi connectivity index (χ2v) is 7.66. The number of halogens is 4. The van der Waals surface area contributed by atoms with Gasteiger partial charge in [0.2, 0.25) is 0 Å². The largest absolute Gasteiger partial charge is 0.496 e. The highest BCUT2D eigenvalue weighted by atomic mass is 79.9. The molecule has 6 heteroatoms. The van der Waals surface area contributed by atoms with Gasteiger partial charge in [0.15, 0.2) is 0 Å². The standard InChI is InChI=1S/C12H8Br3FOS/c1-17-8-4-2-3-7(16)10(8)11(14)9-5-6(13)12(15)18-9/h2-5,11H,1H3. The molecule has 0 N–H and O–H groups in total. The summed E-state index contributed by atoms with van der Waals surface area (Å²) in [5, 5.41) is 0. The molecule has 0 amide bonds. The van der Waals surface area contributed by atoms with E-state index in [-0.39, 0.29) is 10.6 Å². The predicted molar refractivity (Wildman–Crippen MR) is 83.4 cm³/mol. The molecule has 0 aliphatic heterocycles. The molecule has 1 heterocycles. The normalized spacial score (nSPS) is 12.5. The molecule has 1 atom stereocenters. The highest BCUT2D eigenvalue weighted by Crippen LogP contribution is 2.44. The minimum atomic E-state index is -0.281. The van der Waals surface area contributed by atoms with Crippen molar-refractivity contribution >= 4 is 59.1 Å². The molecule has 0 aliphatic rings. The van der Waals surface area contributed by atoms with Crippen LogP contribution in [0.2, 0.25) is 0 Å². The van der Waals surface area contributed by atoms with E-state index in [2.05, 4.69) is 47.8 Å². The fourth-order valence-electron chi connectivity index (χ4n) is 1.57. The van der Waals surface area contributed by atoms with E-state index in [1.165, 1.54) is 13.2 Å². The van der Waals surface area contributed by atoms with Crippen molar-refractivity contribution < 1.29 is 9.13 Å². The zero-order valence-electron chi connectivity index (χ0n) is 9.22. The molecule has 0 radical (unpaired) electrons. The average molecular weight is 459 g/mol. The summed E-state index contributed by atoms with van der Waals surface area (Å²) in [5.74, 6) is 0.259. The Morgan fingerprint density at radius 3 is 2.61 bits per heavy atom. The first-order valence-corrected chi connectivity index (χ1v) is 8.27. The summed E-state index contributed by atoms with van der Waals surface area (Å²) in [7, 11) is 1.54. The van der Waals surface area contributed by atoms with E-state index in [0.29, 0.717) is 11.3 Å². The summed E-state index contributed by atoms with van der Waals surface area (Å²) in [4.78, 5) is 0.762. The van der Waals surface area contributed by atoms with Gasteiger partial charge in [0, 0.05) is 14.9 Å². The highest BCUT2D eigenvalue weighted by molar-refractivity contribution is 9.13. The number of rotatable bonds is 3. The topological polar surface area (TPSA) is 9.23 Å². The Morgan fingerprint density at radius 2 is 2.06 bits per heavy atom. The third-order valence-corrected chi connectivity index (χ3v) is 6.98. The van der Waals surface area contributed by atoms with Crippen molar-refractivity contribution in [3.8, 4) is 5.75 Å². The van der Waals surface area contributed by atoms with Gasteiger partial charge in [-0.15, -0.1) is 11.3 Å². The number of ether oxygens (including phenoxy) is 1. The van der Waals surface area contributed by atoms with E-state index < -0.39 is 0 Å². The molecule has 2 rings (SSSR count). The van der Waals surface area contributed by atoms with Gasteiger partial charge in [0.1, 0.15) is 11.6 Å². The van der Waals surface area contributed by atoms with Crippen LogP contribution in [-0.4, -0.2) is 7.11 Å². The lowest BCUT2D eigenvalue weighted by molar-refractivity contribution is 0.405. The van der Waals surface area contributed by atoms with Crippen LogP contribution < -0.4 is 4.74 Å². The number of methoxy groups -OCH3 is 1. The Bertz CT molecular complexity index is 551. The van der Waals surface area contributed by atoms with Crippen LogP contribution in [0, 0.1) is 5.82 Å². The molecule has 1 aromatic heterocycles. The second kappa shape index (κ2) is 6.03. The molecule has 1 aromatic carbocycles. The molecule has 1 unspecified atom stereocenters. The fraction of sp³-hybridized carbons (Fsp3) is 0.167. The SMILES string of the molecule is COc1cccc(F)c1C(Br)c1cc(Br)c(Br)s1. The minimum Gasteiger partial charge on any atom is -0.496 e. The van der Waals surface area contributed by atoms with Crippen molar-refractivity contribution in [3.05, 3.63) is 48.8 Å². The Balaban J connectivity index is 2.48. The van der Waals surface area contributed by atoms with Crippen LogP contribution in [0.3, 0.4) is 0 Å². The first-order valence-electron chi connectivity index (χ1n) is 4.95. The van der Waals surface area contributed by atoms with Gasteiger partial charge in [-0.25, -0.2) is 4.39 Å². The molecule has 0 saturated heterocycles. The molecular formula is C12H8Br3FOS. The van der Waals surface area contributed by atoms with Gasteiger partial charge in [0.25, 0.3) is 0 Å². The van der Waals surface area contributed by atoms with E-state index in [9.17, 15) is 4.39 Å². The van der Waals surface area contributed by atoms with Gasteiger partial charge in [-0.1, -0.05) is 22.0 Å². The van der Waals surface area contributed by atoms with Gasteiger partial charge < -0.3 is 4.74 Å². The molecule has 0 bridgehead atoms. The summed E-state index contributed by atoms with van der Waals surface area (Å²) < 4.78 is 21.1. The van der Waals surface area contributed by atoms with Crippen LogP contribution in [0.4, 0.5) is 4.39 Å². The summed E-state index contributed by atoms with van der Waals surface area (Å²) in [6.45, 7) is 0. The lowest BCUT2D eigenvalue weighted by Gasteiger charge is -2.13. The van der Waals surface area contributed by atoms with Gasteiger partial charge in [-0.3, -0.25) is 0 Å². The Labute approximate surface area is 134 Å². The van der Waals surface area contributed by atoms with Gasteiger partial charge in [-0.2, -0.15) is 0 Å². The van der Waals surface area contributed by atoms with Crippen molar-refractivity contribution in [1.29, 1.82) is 0 Å². The zero-order chi connectivity index (χ0) is 13.3. The van der Waals surface area contributed by atoms with Gasteiger partial charge in [-0.05, 0) is 50.1 Å². The number of benzene rings is 1. The number of hydrogen-bond acceptors (Lipinski definition) is 2. The number of thiophene rings is 1. The van der Waals surface area contributed by atoms with Gasteiger partial charge in [0.05, 0.1) is 15.7 Å². The third kappa shape index (κ3) is 2.81. The number of alkyl halides is 1. The summed E-state index contributed by atoms with van der Waals surface area (Å²) in [6.07, 6.45) is 0. The summed E-state index contributed by atoms with van der Waals surface area (Å²) in [5.41, 5.74) is 0.515. The highest BCUT2D eigenvalue weighted by Gasteiger charge is 2.22. The van der Waals surface area contributed by atoms with E-state index in [4.69, 9.17) is 4.74 Å². The van der Waals surface area contributed by atoms with Crippen LogP contribution in [0.1, 0.15) is 15.3 Å². The molecule has 0 spiro atoms. The quantitative estimate of drug-likeness (QED) is 0.520. The second-order valence-electron chi connectivity index (χ2n) is 3.49. The van der Waals surface area contributed by atoms with E-state index in [1.54, 1.807) is 23.5 Å². The maximum absolute atomic E-state index is 14.0. The lowest BCUT2D eigenvalue weighted by Crippen LogP contribution is -1.98. The van der Waals surface area contributed by atoms with E-state index in [0.717, 1.165) is 13.1 Å².